The fourth-order valence-corrected chi connectivity index (χ4v) is 2.78. The zero-order chi connectivity index (χ0) is 13.4. The van der Waals surface area contributed by atoms with E-state index in [2.05, 4.69) is 10.7 Å². The minimum Gasteiger partial charge on any atom is -0.366 e. The standard InChI is InChI=1S/C13H13Cl2N3O/c14-6-10-5-12(19)18-13(17-10)11(7-16-18)8-1-3-9(15)4-2-8/h1-5,11,13,16-17H,6-7H2. The van der Waals surface area contributed by atoms with Crippen LogP contribution in [0.1, 0.15) is 11.5 Å². The van der Waals surface area contributed by atoms with Crippen LogP contribution in [-0.2, 0) is 4.79 Å². The molecule has 3 rings (SSSR count). The number of hydrogen-bond donors (Lipinski definition) is 2. The molecule has 100 valence electrons. The molecule has 6 heteroatoms. The van der Waals surface area contributed by atoms with Gasteiger partial charge in [-0.05, 0) is 17.7 Å². The number of rotatable bonds is 2. The summed E-state index contributed by atoms with van der Waals surface area (Å²) in [4.78, 5) is 11.9. The first-order chi connectivity index (χ1) is 9.19. The second kappa shape index (κ2) is 5.04. The van der Waals surface area contributed by atoms with Crippen molar-refractivity contribution in [2.24, 2.45) is 0 Å². The van der Waals surface area contributed by atoms with E-state index in [1.807, 2.05) is 24.3 Å². The molecule has 19 heavy (non-hydrogen) atoms. The number of carbonyl (C=O) groups excluding carboxylic acids is 1. The third-order valence-electron chi connectivity index (χ3n) is 3.45. The number of allylic oxidation sites excluding steroid dienone is 1. The van der Waals surface area contributed by atoms with Crippen molar-refractivity contribution in [1.82, 2.24) is 15.8 Å². The van der Waals surface area contributed by atoms with Gasteiger partial charge in [0.25, 0.3) is 5.91 Å². The van der Waals surface area contributed by atoms with E-state index in [4.69, 9.17) is 23.2 Å². The average Bonchev–Trinajstić information content (AvgIpc) is 2.84. The second-order valence-electron chi connectivity index (χ2n) is 4.62. The average molecular weight is 298 g/mol. The highest BCUT2D eigenvalue weighted by Crippen LogP contribution is 2.29. The van der Waals surface area contributed by atoms with Gasteiger partial charge in [-0.1, -0.05) is 23.7 Å². The van der Waals surface area contributed by atoms with Crippen LogP contribution in [-0.4, -0.2) is 29.5 Å². The van der Waals surface area contributed by atoms with Crippen LogP contribution in [0.2, 0.25) is 5.02 Å². The molecule has 0 saturated carbocycles. The van der Waals surface area contributed by atoms with E-state index in [1.165, 1.54) is 6.08 Å². The van der Waals surface area contributed by atoms with E-state index in [9.17, 15) is 4.79 Å². The quantitative estimate of drug-likeness (QED) is 0.819. The van der Waals surface area contributed by atoms with Gasteiger partial charge in [0, 0.05) is 29.3 Å². The fraction of sp³-hybridized carbons (Fsp3) is 0.308. The minimum absolute atomic E-state index is 0.0594. The minimum atomic E-state index is -0.104. The molecule has 2 unspecified atom stereocenters. The lowest BCUT2D eigenvalue weighted by molar-refractivity contribution is -0.131. The molecule has 2 atom stereocenters. The molecule has 0 spiro atoms. The summed E-state index contributed by atoms with van der Waals surface area (Å²) in [5, 5.41) is 5.63. The number of nitrogens with one attached hydrogen (secondary N) is 2. The Kier molecular flexibility index (Phi) is 3.39. The third kappa shape index (κ3) is 2.31. The zero-order valence-corrected chi connectivity index (χ0v) is 11.6. The summed E-state index contributed by atoms with van der Waals surface area (Å²) in [5.74, 6) is 0.424. The van der Waals surface area contributed by atoms with Gasteiger partial charge in [-0.15, -0.1) is 11.6 Å². The summed E-state index contributed by atoms with van der Waals surface area (Å²) < 4.78 is 0. The van der Waals surface area contributed by atoms with E-state index in [0.29, 0.717) is 17.4 Å². The van der Waals surface area contributed by atoms with Gasteiger partial charge in [-0.3, -0.25) is 9.80 Å². The molecule has 1 aromatic rings. The SMILES string of the molecule is O=C1C=C(CCl)NC2C(c3ccc(Cl)cc3)CNN12. The third-order valence-corrected chi connectivity index (χ3v) is 3.99. The fourth-order valence-electron chi connectivity index (χ4n) is 2.50. The van der Waals surface area contributed by atoms with E-state index in [-0.39, 0.29) is 18.0 Å². The summed E-state index contributed by atoms with van der Waals surface area (Å²) in [5.41, 5.74) is 5.02. The van der Waals surface area contributed by atoms with Gasteiger partial charge < -0.3 is 5.32 Å². The summed E-state index contributed by atoms with van der Waals surface area (Å²) >= 11 is 11.7. The number of halogens is 2. The van der Waals surface area contributed by atoms with Crippen molar-refractivity contribution < 1.29 is 4.79 Å². The highest BCUT2D eigenvalue weighted by molar-refractivity contribution is 6.30. The maximum atomic E-state index is 11.9. The number of benzene rings is 1. The number of hydrogen-bond acceptors (Lipinski definition) is 3. The monoisotopic (exact) mass is 297 g/mol. The maximum Gasteiger partial charge on any atom is 0.264 e. The van der Waals surface area contributed by atoms with Crippen LogP contribution in [0.4, 0.5) is 0 Å². The van der Waals surface area contributed by atoms with Gasteiger partial charge in [0.1, 0.15) is 6.17 Å². The lowest BCUT2D eigenvalue weighted by Gasteiger charge is -2.32. The van der Waals surface area contributed by atoms with Crippen molar-refractivity contribution in [1.29, 1.82) is 0 Å². The van der Waals surface area contributed by atoms with E-state index >= 15 is 0 Å². The first kappa shape index (κ1) is 12.8. The lowest BCUT2D eigenvalue weighted by Crippen LogP contribution is -2.53. The van der Waals surface area contributed by atoms with E-state index < -0.39 is 0 Å². The molecular formula is C13H13Cl2N3O. The summed E-state index contributed by atoms with van der Waals surface area (Å²) in [7, 11) is 0. The molecule has 0 bridgehead atoms. The van der Waals surface area contributed by atoms with Gasteiger partial charge in [0.2, 0.25) is 0 Å². The van der Waals surface area contributed by atoms with Crippen molar-refractivity contribution in [3.8, 4) is 0 Å². The van der Waals surface area contributed by atoms with Crippen LogP contribution in [0.15, 0.2) is 36.0 Å². The molecule has 0 aliphatic carbocycles. The number of fused-ring (bicyclic) bond motifs is 1. The van der Waals surface area contributed by atoms with E-state index in [1.54, 1.807) is 5.01 Å². The Morgan fingerprint density at radius 1 is 1.32 bits per heavy atom. The number of alkyl halides is 1. The van der Waals surface area contributed by atoms with Crippen LogP contribution in [0.5, 0.6) is 0 Å². The van der Waals surface area contributed by atoms with Crippen LogP contribution in [0, 0.1) is 0 Å². The Morgan fingerprint density at radius 2 is 2.05 bits per heavy atom. The number of nitrogens with zero attached hydrogens (tertiary/aromatic N) is 1. The summed E-state index contributed by atoms with van der Waals surface area (Å²) in [6.07, 6.45) is 1.42. The first-order valence-electron chi connectivity index (χ1n) is 6.04. The normalized spacial score (nSPS) is 25.9. The smallest absolute Gasteiger partial charge is 0.264 e. The maximum absolute atomic E-state index is 11.9. The van der Waals surface area contributed by atoms with Gasteiger partial charge in [-0.2, -0.15) is 0 Å². The highest BCUT2D eigenvalue weighted by atomic mass is 35.5. The first-order valence-corrected chi connectivity index (χ1v) is 6.95. The molecule has 1 fully saturated rings. The van der Waals surface area contributed by atoms with E-state index in [0.717, 1.165) is 11.3 Å². The molecule has 1 aromatic carbocycles. The van der Waals surface area contributed by atoms with Crippen LogP contribution < -0.4 is 10.7 Å². The predicted octanol–water partition coefficient (Wildman–Crippen LogP) is 1.82. The molecule has 2 heterocycles. The zero-order valence-electron chi connectivity index (χ0n) is 10.1. The van der Waals surface area contributed by atoms with Crippen LogP contribution in [0.25, 0.3) is 0 Å². The van der Waals surface area contributed by atoms with Crippen LogP contribution >= 0.6 is 23.2 Å². The molecule has 0 radical (unpaired) electrons. The Hall–Kier alpha value is -1.23. The largest absolute Gasteiger partial charge is 0.366 e. The molecule has 1 amide bonds. The van der Waals surface area contributed by atoms with Crippen LogP contribution in [0.3, 0.4) is 0 Å². The Morgan fingerprint density at radius 3 is 2.74 bits per heavy atom. The number of hydrazine groups is 1. The van der Waals surface area contributed by atoms with Gasteiger partial charge in [0.05, 0.1) is 5.88 Å². The highest BCUT2D eigenvalue weighted by Gasteiger charge is 2.40. The van der Waals surface area contributed by atoms with Gasteiger partial charge >= 0.3 is 0 Å². The Balaban J connectivity index is 1.88. The topological polar surface area (TPSA) is 44.4 Å². The molecular weight excluding hydrogens is 285 g/mol. The van der Waals surface area contributed by atoms with Crippen molar-refractivity contribution in [2.45, 2.75) is 12.1 Å². The van der Waals surface area contributed by atoms with Gasteiger partial charge in [-0.25, -0.2) is 5.43 Å². The van der Waals surface area contributed by atoms with Crippen molar-refractivity contribution in [3.63, 3.8) is 0 Å². The van der Waals surface area contributed by atoms with Crippen molar-refractivity contribution in [3.05, 3.63) is 46.6 Å². The number of amides is 1. The molecule has 2 aliphatic rings. The van der Waals surface area contributed by atoms with Gasteiger partial charge in [0.15, 0.2) is 0 Å². The Bertz CT molecular complexity index is 529. The number of carbonyl (C=O) groups is 1. The molecule has 2 N–H and O–H groups in total. The molecule has 2 aliphatic heterocycles. The van der Waals surface area contributed by atoms with Crippen molar-refractivity contribution >= 4 is 29.1 Å². The molecule has 0 aromatic heterocycles. The summed E-state index contributed by atoms with van der Waals surface area (Å²) in [6, 6.07) is 7.71. The lowest BCUT2D eigenvalue weighted by atomic mass is 9.96. The predicted molar refractivity (Wildman–Crippen MR) is 74.8 cm³/mol. The Labute approximate surface area is 121 Å². The van der Waals surface area contributed by atoms with Crippen molar-refractivity contribution in [2.75, 3.05) is 12.4 Å². The second-order valence-corrected chi connectivity index (χ2v) is 5.32. The summed E-state index contributed by atoms with van der Waals surface area (Å²) in [6.45, 7) is 0.703. The molecule has 4 nitrogen and oxygen atoms in total. The molecule has 1 saturated heterocycles.